The summed E-state index contributed by atoms with van der Waals surface area (Å²) < 4.78 is 0. The third-order valence-corrected chi connectivity index (χ3v) is 9.71. The van der Waals surface area contributed by atoms with Crippen molar-refractivity contribution in [1.82, 2.24) is 25.6 Å². The van der Waals surface area contributed by atoms with Gasteiger partial charge in [-0.2, -0.15) is 0 Å². The highest BCUT2D eigenvalue weighted by atomic mass is 16.2. The number of benzene rings is 3. The van der Waals surface area contributed by atoms with Crippen LogP contribution < -0.4 is 22.1 Å². The van der Waals surface area contributed by atoms with E-state index in [1.807, 2.05) is 84.9 Å². The zero-order valence-electron chi connectivity index (χ0n) is 30.3. The van der Waals surface area contributed by atoms with Gasteiger partial charge in [0.25, 0.3) is 0 Å². The van der Waals surface area contributed by atoms with Gasteiger partial charge in [0.15, 0.2) is 5.78 Å². The molecule has 0 unspecified atom stereocenters. The lowest BCUT2D eigenvalue weighted by Crippen LogP contribution is -2.50. The van der Waals surface area contributed by atoms with E-state index in [9.17, 15) is 24.0 Å². The maximum absolute atomic E-state index is 14.1. The number of nitrogens with one attached hydrogen (secondary N) is 4. The maximum Gasteiger partial charge on any atom is 0.240 e. The Hall–Kier alpha value is -5.88. The molecule has 5 aromatic rings. The summed E-state index contributed by atoms with van der Waals surface area (Å²) in [5.74, 6) is -3.74. The molecule has 3 amide bonds. The Morgan fingerprint density at radius 2 is 1.39 bits per heavy atom. The van der Waals surface area contributed by atoms with Crippen LogP contribution in [0.2, 0.25) is 0 Å². The molecule has 282 valence electrons. The van der Waals surface area contributed by atoms with Crippen molar-refractivity contribution in [2.75, 3.05) is 6.54 Å². The van der Waals surface area contributed by atoms with E-state index in [1.54, 1.807) is 12.4 Å². The lowest BCUT2D eigenvalue weighted by molar-refractivity contribution is -0.134. The second-order valence-corrected chi connectivity index (χ2v) is 13.8. The quantitative estimate of drug-likeness (QED) is 0.0619. The first-order chi connectivity index (χ1) is 26.2. The lowest BCUT2D eigenvalue weighted by Gasteiger charge is -2.25. The summed E-state index contributed by atoms with van der Waals surface area (Å²) in [6.07, 6.45) is 7.11. The predicted octanol–water partition coefficient (Wildman–Crippen LogP) is 3.90. The Bertz CT molecular complexity index is 1980. The first-order valence-electron chi connectivity index (χ1n) is 18.4. The number of H-pyrrole nitrogens is 2. The summed E-state index contributed by atoms with van der Waals surface area (Å²) in [5, 5.41) is 6.61. The van der Waals surface area contributed by atoms with Crippen LogP contribution in [0.25, 0.3) is 10.9 Å². The number of aryl methyl sites for hydroxylation is 1. The third-order valence-electron chi connectivity index (χ3n) is 9.71. The van der Waals surface area contributed by atoms with Gasteiger partial charge in [0.05, 0.1) is 18.3 Å². The Labute approximate surface area is 314 Å². The number of fused-ring (bicyclic) bond motifs is 1. The van der Waals surface area contributed by atoms with Crippen LogP contribution in [0.5, 0.6) is 0 Å². The average molecular weight is 732 g/mol. The number of nitrogens with two attached hydrogens (primary N) is 2. The summed E-state index contributed by atoms with van der Waals surface area (Å²) in [5.41, 5.74) is 16.0. The number of primary amides is 1. The molecular weight excluding hydrogens is 683 g/mol. The fourth-order valence-electron chi connectivity index (χ4n) is 6.76. The second-order valence-electron chi connectivity index (χ2n) is 13.8. The van der Waals surface area contributed by atoms with Crippen LogP contribution in [0.4, 0.5) is 0 Å². The molecule has 2 heterocycles. The largest absolute Gasteiger partial charge is 0.368 e. The van der Waals surface area contributed by atoms with Crippen LogP contribution in [-0.2, 0) is 49.7 Å². The summed E-state index contributed by atoms with van der Waals surface area (Å²) in [6, 6.07) is 24.8. The fourth-order valence-corrected chi connectivity index (χ4v) is 6.76. The molecule has 54 heavy (non-hydrogen) atoms. The molecule has 0 saturated carbocycles. The smallest absolute Gasteiger partial charge is 0.240 e. The molecule has 0 aliphatic rings. The molecule has 5 rings (SSSR count). The van der Waals surface area contributed by atoms with Crippen LogP contribution in [0.3, 0.4) is 0 Å². The third kappa shape index (κ3) is 11.6. The first-order valence-corrected chi connectivity index (χ1v) is 18.4. The molecule has 2 aromatic heterocycles. The zero-order chi connectivity index (χ0) is 38.3. The molecule has 0 bridgehead atoms. The number of imidazole rings is 1. The zero-order valence-corrected chi connectivity index (χ0v) is 30.3. The second kappa shape index (κ2) is 19.8. The van der Waals surface area contributed by atoms with Gasteiger partial charge in [-0.1, -0.05) is 78.9 Å². The van der Waals surface area contributed by atoms with Crippen molar-refractivity contribution in [3.63, 3.8) is 0 Å². The molecule has 0 aliphatic carbocycles. The van der Waals surface area contributed by atoms with Crippen LogP contribution in [0.15, 0.2) is 104 Å². The molecule has 3 aromatic carbocycles. The highest BCUT2D eigenvalue weighted by molar-refractivity contribution is 5.95. The number of Topliss-reactive ketones (excluding diaryl/α,β-unsaturated/α-hetero) is 2. The average Bonchev–Trinajstić information content (AvgIpc) is 3.84. The number of para-hydroxylation sites is 1. The lowest BCUT2D eigenvalue weighted by atomic mass is 9.90. The Balaban J connectivity index is 1.28. The van der Waals surface area contributed by atoms with E-state index in [-0.39, 0.29) is 56.6 Å². The van der Waals surface area contributed by atoms with Gasteiger partial charge in [0, 0.05) is 67.0 Å². The highest BCUT2D eigenvalue weighted by Gasteiger charge is 2.32. The van der Waals surface area contributed by atoms with Gasteiger partial charge in [-0.25, -0.2) is 4.98 Å². The van der Waals surface area contributed by atoms with Crippen LogP contribution in [-0.4, -0.2) is 62.9 Å². The number of aromatic amines is 2. The predicted molar refractivity (Wildman–Crippen MR) is 207 cm³/mol. The number of hydrogen-bond donors (Lipinski definition) is 6. The normalized spacial score (nSPS) is 13.4. The highest BCUT2D eigenvalue weighted by Crippen LogP contribution is 2.21. The van der Waals surface area contributed by atoms with Gasteiger partial charge in [-0.05, 0) is 55.0 Å². The summed E-state index contributed by atoms with van der Waals surface area (Å²) in [4.78, 5) is 77.8. The van der Waals surface area contributed by atoms with Crippen molar-refractivity contribution in [2.24, 2.45) is 23.3 Å². The molecule has 12 heteroatoms. The molecule has 8 N–H and O–H groups in total. The minimum atomic E-state index is -1.03. The van der Waals surface area contributed by atoms with Crippen LogP contribution >= 0.6 is 0 Å². The van der Waals surface area contributed by atoms with E-state index in [0.29, 0.717) is 18.5 Å². The van der Waals surface area contributed by atoms with Gasteiger partial charge in [0.1, 0.15) is 11.8 Å². The van der Waals surface area contributed by atoms with E-state index in [4.69, 9.17) is 11.5 Å². The Morgan fingerprint density at radius 1 is 0.722 bits per heavy atom. The molecule has 0 saturated heterocycles. The number of carbonyl (C=O) groups is 5. The van der Waals surface area contributed by atoms with E-state index in [1.165, 1.54) is 6.33 Å². The van der Waals surface area contributed by atoms with Crippen molar-refractivity contribution in [1.29, 1.82) is 0 Å². The minimum absolute atomic E-state index is 0.00493. The SMILES string of the molecule is NCC[C@H](CC(=O)[C@@H](Cc1ccccc1)NC(=O)[C@@H](CC(=O)CCCc1ccccc1)Cc1cnc[nH]1)C(=O)N[C@@H](Cc1c[nH]c2ccccc12)C(N)=O. The number of aromatic nitrogens is 3. The van der Waals surface area contributed by atoms with Gasteiger partial charge < -0.3 is 32.1 Å². The Morgan fingerprint density at radius 3 is 2.07 bits per heavy atom. The van der Waals surface area contributed by atoms with Gasteiger partial charge in [-0.15, -0.1) is 0 Å². The molecule has 0 spiro atoms. The van der Waals surface area contributed by atoms with E-state index >= 15 is 0 Å². The number of hydrogen-bond acceptors (Lipinski definition) is 7. The molecule has 0 fully saturated rings. The summed E-state index contributed by atoms with van der Waals surface area (Å²) >= 11 is 0. The van der Waals surface area contributed by atoms with Crippen LogP contribution in [0.1, 0.15) is 54.5 Å². The van der Waals surface area contributed by atoms with Crippen molar-refractivity contribution in [3.05, 3.63) is 126 Å². The fraction of sp³-hybridized carbons (Fsp3) is 0.333. The van der Waals surface area contributed by atoms with Crippen molar-refractivity contribution >= 4 is 40.2 Å². The summed E-state index contributed by atoms with van der Waals surface area (Å²) in [6.45, 7) is 0.114. The number of rotatable bonds is 22. The molecule has 0 aliphatic heterocycles. The topological polar surface area (TPSA) is 206 Å². The number of ketones is 2. The van der Waals surface area contributed by atoms with E-state index in [2.05, 4.69) is 25.6 Å². The molecule has 0 radical (unpaired) electrons. The van der Waals surface area contributed by atoms with Gasteiger partial charge in [-0.3, -0.25) is 24.0 Å². The Kier molecular flexibility index (Phi) is 14.4. The monoisotopic (exact) mass is 731 g/mol. The molecule has 4 atom stereocenters. The molecule has 12 nitrogen and oxygen atoms in total. The summed E-state index contributed by atoms with van der Waals surface area (Å²) in [7, 11) is 0. The van der Waals surface area contributed by atoms with Crippen molar-refractivity contribution < 1.29 is 24.0 Å². The van der Waals surface area contributed by atoms with E-state index < -0.39 is 41.6 Å². The van der Waals surface area contributed by atoms with Gasteiger partial charge >= 0.3 is 0 Å². The standard InChI is InChI=1S/C42H49N7O5/c43-19-18-30(41(53)49-38(40(44)52)23-32-25-46-36-17-8-7-16-35(32)36)24-39(51)37(20-29-12-5-2-6-13-29)48-42(54)31(21-33-26-45-27-47-33)22-34(50)15-9-14-28-10-3-1-4-11-28/h1-8,10-13,16-17,25-27,30-31,37-38,46H,9,14-15,18-24,43H2,(H2,44,52)(H,45,47)(H,48,54)(H,49,53)/t30-,31-,37-,38+/m1/s1. The molecular formula is C42H49N7O5. The van der Waals surface area contributed by atoms with E-state index in [0.717, 1.165) is 34.0 Å². The van der Waals surface area contributed by atoms with Crippen LogP contribution in [0, 0.1) is 11.8 Å². The van der Waals surface area contributed by atoms with Crippen molar-refractivity contribution in [2.45, 2.75) is 69.9 Å². The number of amides is 3. The maximum atomic E-state index is 14.1. The number of carbonyl (C=O) groups excluding carboxylic acids is 5. The first kappa shape index (κ1) is 39.3. The minimum Gasteiger partial charge on any atom is -0.368 e. The number of nitrogens with zero attached hydrogens (tertiary/aromatic N) is 1. The van der Waals surface area contributed by atoms with Gasteiger partial charge in [0.2, 0.25) is 17.7 Å². The van der Waals surface area contributed by atoms with Crippen molar-refractivity contribution in [3.8, 4) is 0 Å².